The van der Waals surface area contributed by atoms with Crippen LogP contribution in [0, 0.1) is 10.1 Å². The van der Waals surface area contributed by atoms with Crippen LogP contribution in [-0.2, 0) is 0 Å². The summed E-state index contributed by atoms with van der Waals surface area (Å²) in [5, 5.41) is 29.5. The Morgan fingerprint density at radius 1 is 1.17 bits per heavy atom. The van der Waals surface area contributed by atoms with Crippen LogP contribution in [0.3, 0.4) is 0 Å². The Hall–Kier alpha value is -3.89. The van der Waals surface area contributed by atoms with E-state index < -0.39 is 50.6 Å². The summed E-state index contributed by atoms with van der Waals surface area (Å²) >= 11 is 0. The summed E-state index contributed by atoms with van der Waals surface area (Å²) in [6.45, 7) is 0. The summed E-state index contributed by atoms with van der Waals surface area (Å²) in [5.74, 6) is 1.26. The van der Waals surface area contributed by atoms with E-state index in [0.29, 0.717) is 0 Å². The van der Waals surface area contributed by atoms with E-state index in [1.807, 2.05) is 0 Å². The van der Waals surface area contributed by atoms with Crippen molar-refractivity contribution in [1.29, 1.82) is 0 Å². The summed E-state index contributed by atoms with van der Waals surface area (Å²) in [5.41, 5.74) is 1.44. The van der Waals surface area contributed by atoms with Gasteiger partial charge in [0.2, 0.25) is 0 Å². The molecule has 11 heteroatoms. The van der Waals surface area contributed by atoms with E-state index in [0.717, 1.165) is 12.1 Å². The van der Waals surface area contributed by atoms with Crippen molar-refractivity contribution in [3.63, 3.8) is 0 Å². The molecule has 0 amide bonds. The molecule has 2 rings (SSSR count). The highest BCUT2D eigenvalue weighted by Gasteiger charge is 2.29. The van der Waals surface area contributed by atoms with Crippen LogP contribution in [-0.4, -0.2) is 31.8 Å². The molecule has 124 valence electrons. The number of carboxylic acids is 2. The lowest BCUT2D eigenvalue weighted by Gasteiger charge is -2.15. The number of anilines is 1. The molecule has 2 aromatic rings. The molecule has 0 saturated heterocycles. The first kappa shape index (κ1) is 16.5. The molecular weight excluding hydrogens is 324 g/mol. The number of nitrogen functional groups attached to an aromatic ring is 2. The number of benzene rings is 1. The first-order valence-corrected chi connectivity index (χ1v) is 6.21. The largest absolute Gasteiger partial charge is 0.478 e. The van der Waals surface area contributed by atoms with Gasteiger partial charge in [-0.1, -0.05) is 12.1 Å². The number of hydrogen-bond acceptors (Lipinski definition) is 7. The molecular formula is C13H10N4O7. The Kier molecular flexibility index (Phi) is 3.93. The number of nitrogens with two attached hydrogens (primary N) is 2. The summed E-state index contributed by atoms with van der Waals surface area (Å²) in [6, 6.07) is 4.50. The van der Waals surface area contributed by atoms with Crippen molar-refractivity contribution in [2.45, 2.75) is 0 Å². The number of non-ortho nitro benzene ring substituents is 1. The molecule has 0 aliphatic rings. The number of hydrogen-bond donors (Lipinski definition) is 4. The Bertz CT molecular complexity index is 948. The minimum absolute atomic E-state index is 0.164. The van der Waals surface area contributed by atoms with Crippen LogP contribution in [0.4, 0.5) is 11.5 Å². The molecule has 1 heterocycles. The number of pyridine rings is 1. The van der Waals surface area contributed by atoms with E-state index in [1.54, 1.807) is 0 Å². The Morgan fingerprint density at radius 3 is 2.25 bits per heavy atom. The van der Waals surface area contributed by atoms with Gasteiger partial charge in [-0.05, 0) is 5.56 Å². The molecule has 0 atom stereocenters. The van der Waals surface area contributed by atoms with Crippen molar-refractivity contribution in [1.82, 2.24) is 4.68 Å². The molecule has 0 spiro atoms. The van der Waals surface area contributed by atoms with Crippen LogP contribution < -0.4 is 17.1 Å². The quantitative estimate of drug-likeness (QED) is 0.341. The number of nitro benzene ring substituents is 1. The predicted molar refractivity (Wildman–Crippen MR) is 81.3 cm³/mol. The maximum atomic E-state index is 12.1. The Morgan fingerprint density at radius 2 is 1.75 bits per heavy atom. The first-order valence-electron chi connectivity index (χ1n) is 6.21. The van der Waals surface area contributed by atoms with Gasteiger partial charge in [0, 0.05) is 17.7 Å². The lowest BCUT2D eigenvalue weighted by atomic mass is 9.95. The summed E-state index contributed by atoms with van der Waals surface area (Å²) in [6.07, 6.45) is 0. The van der Waals surface area contributed by atoms with Gasteiger partial charge in [0.15, 0.2) is 0 Å². The lowest BCUT2D eigenvalue weighted by Crippen LogP contribution is -2.36. The van der Waals surface area contributed by atoms with Gasteiger partial charge in [0.1, 0.15) is 16.9 Å². The second kappa shape index (κ2) is 5.72. The Labute approximate surface area is 132 Å². The minimum Gasteiger partial charge on any atom is -0.478 e. The van der Waals surface area contributed by atoms with Crippen molar-refractivity contribution in [2.75, 3.05) is 11.6 Å². The predicted octanol–water partition coefficient (Wildman–Crippen LogP) is 0.116. The van der Waals surface area contributed by atoms with Crippen LogP contribution in [0.25, 0.3) is 11.1 Å². The second-order valence-corrected chi connectivity index (χ2v) is 4.60. The Balaban J connectivity index is 3.04. The lowest BCUT2D eigenvalue weighted by molar-refractivity contribution is -0.384. The monoisotopic (exact) mass is 334 g/mol. The van der Waals surface area contributed by atoms with Crippen LogP contribution in [0.15, 0.2) is 29.1 Å². The van der Waals surface area contributed by atoms with Gasteiger partial charge in [-0.25, -0.2) is 14.3 Å². The highest BCUT2D eigenvalue weighted by molar-refractivity contribution is 6.07. The number of aromatic nitrogens is 1. The normalized spacial score (nSPS) is 10.3. The highest BCUT2D eigenvalue weighted by atomic mass is 16.6. The molecule has 0 saturated carbocycles. The van der Waals surface area contributed by atoms with E-state index in [4.69, 9.17) is 11.6 Å². The fourth-order valence-corrected chi connectivity index (χ4v) is 2.19. The average Bonchev–Trinajstić information content (AvgIpc) is 2.51. The van der Waals surface area contributed by atoms with Crippen molar-refractivity contribution in [3.8, 4) is 11.1 Å². The molecule has 0 bridgehead atoms. The van der Waals surface area contributed by atoms with Crippen molar-refractivity contribution < 1.29 is 24.7 Å². The van der Waals surface area contributed by atoms with Crippen LogP contribution >= 0.6 is 0 Å². The smallest absolute Gasteiger partial charge is 0.342 e. The molecule has 0 radical (unpaired) electrons. The summed E-state index contributed by atoms with van der Waals surface area (Å²) in [4.78, 5) is 45.1. The number of carboxylic acid groups (broad SMARTS) is 2. The second-order valence-electron chi connectivity index (χ2n) is 4.60. The standard InChI is InChI=1S/C13H10N4O7/c14-10-8(12(19)20)7(9(13(21)22)11(18)16(10)15)5-2-1-3-6(4-5)17(23)24/h1-4H,14-15H2,(H,19,20)(H,21,22). The molecule has 6 N–H and O–H groups in total. The molecule has 0 aliphatic heterocycles. The number of rotatable bonds is 4. The zero-order chi connectivity index (χ0) is 18.2. The molecule has 0 aliphatic carbocycles. The van der Waals surface area contributed by atoms with Gasteiger partial charge in [-0.15, -0.1) is 0 Å². The van der Waals surface area contributed by atoms with E-state index in [1.165, 1.54) is 12.1 Å². The van der Waals surface area contributed by atoms with Gasteiger partial charge in [0.05, 0.1) is 4.92 Å². The number of nitrogens with zero attached hydrogens (tertiary/aromatic N) is 2. The summed E-state index contributed by atoms with van der Waals surface area (Å²) < 4.78 is 0.202. The molecule has 0 fully saturated rings. The third-order valence-corrected chi connectivity index (χ3v) is 3.22. The van der Waals surface area contributed by atoms with Gasteiger partial charge >= 0.3 is 11.9 Å². The zero-order valence-corrected chi connectivity index (χ0v) is 11.8. The molecule has 1 aromatic carbocycles. The number of aromatic carboxylic acids is 2. The summed E-state index contributed by atoms with van der Waals surface area (Å²) in [7, 11) is 0. The van der Waals surface area contributed by atoms with E-state index in [-0.39, 0.29) is 10.2 Å². The fourth-order valence-electron chi connectivity index (χ4n) is 2.19. The fraction of sp³-hybridized carbons (Fsp3) is 0. The average molecular weight is 334 g/mol. The van der Waals surface area contributed by atoms with Crippen molar-refractivity contribution in [3.05, 3.63) is 55.9 Å². The number of nitro groups is 1. The van der Waals surface area contributed by atoms with Crippen LogP contribution in [0.5, 0.6) is 0 Å². The topological polar surface area (TPSA) is 192 Å². The van der Waals surface area contributed by atoms with Crippen molar-refractivity contribution in [2.24, 2.45) is 0 Å². The molecule has 11 nitrogen and oxygen atoms in total. The first-order chi connectivity index (χ1) is 11.2. The number of carbonyl (C=O) groups is 2. The minimum atomic E-state index is -1.75. The third kappa shape index (κ3) is 2.49. The van der Waals surface area contributed by atoms with Gasteiger partial charge in [0.25, 0.3) is 11.2 Å². The SMILES string of the molecule is Nc1c(C(=O)O)c(-c2cccc([N+](=O)[O-])c2)c(C(=O)O)c(=O)n1N. The molecule has 24 heavy (non-hydrogen) atoms. The van der Waals surface area contributed by atoms with Crippen LogP contribution in [0.2, 0.25) is 0 Å². The third-order valence-electron chi connectivity index (χ3n) is 3.22. The van der Waals surface area contributed by atoms with Gasteiger partial charge in [-0.3, -0.25) is 14.9 Å². The van der Waals surface area contributed by atoms with Crippen LogP contribution in [0.1, 0.15) is 20.7 Å². The van der Waals surface area contributed by atoms with E-state index >= 15 is 0 Å². The van der Waals surface area contributed by atoms with Crippen molar-refractivity contribution >= 4 is 23.4 Å². The van der Waals surface area contributed by atoms with Gasteiger partial charge in [-0.2, -0.15) is 0 Å². The van der Waals surface area contributed by atoms with E-state index in [9.17, 15) is 34.7 Å². The maximum absolute atomic E-state index is 12.1. The molecule has 0 unspecified atom stereocenters. The van der Waals surface area contributed by atoms with E-state index in [2.05, 4.69) is 0 Å². The zero-order valence-electron chi connectivity index (χ0n) is 11.8. The highest BCUT2D eigenvalue weighted by Crippen LogP contribution is 2.31. The van der Waals surface area contributed by atoms with Gasteiger partial charge < -0.3 is 21.8 Å². The maximum Gasteiger partial charge on any atom is 0.342 e. The molecule has 1 aromatic heterocycles.